The van der Waals surface area contributed by atoms with Crippen molar-refractivity contribution in [3.05, 3.63) is 87.7 Å². The molecule has 0 unspecified atom stereocenters. The van der Waals surface area contributed by atoms with Gasteiger partial charge in [-0.3, -0.25) is 9.59 Å². The van der Waals surface area contributed by atoms with Gasteiger partial charge in [-0.1, -0.05) is 35.3 Å². The molecule has 3 aromatic rings. The van der Waals surface area contributed by atoms with Gasteiger partial charge >= 0.3 is 11.8 Å². The molecule has 3 rings (SSSR count). The van der Waals surface area contributed by atoms with Gasteiger partial charge in [0.05, 0.1) is 17.8 Å². The Hall–Kier alpha value is -3.62. The van der Waals surface area contributed by atoms with Crippen molar-refractivity contribution in [1.29, 1.82) is 0 Å². The summed E-state index contributed by atoms with van der Waals surface area (Å²) < 4.78 is 24.6. The van der Waals surface area contributed by atoms with Crippen LogP contribution in [0.4, 0.5) is 10.1 Å². The molecule has 34 heavy (non-hydrogen) atoms. The van der Waals surface area contributed by atoms with Crippen LogP contribution in [0.1, 0.15) is 18.1 Å². The van der Waals surface area contributed by atoms with Crippen LogP contribution in [0.25, 0.3) is 0 Å². The minimum Gasteiger partial charge on any atom is -0.490 e. The lowest BCUT2D eigenvalue weighted by atomic mass is 10.2. The molecular formula is C24H20Cl2FN3O4. The molecule has 0 aromatic heterocycles. The van der Waals surface area contributed by atoms with Gasteiger partial charge in [0, 0.05) is 16.3 Å². The molecule has 0 aliphatic carbocycles. The average molecular weight is 504 g/mol. The summed E-state index contributed by atoms with van der Waals surface area (Å²) in [6.45, 7) is 2.32. The van der Waals surface area contributed by atoms with Gasteiger partial charge in [0.2, 0.25) is 0 Å². The van der Waals surface area contributed by atoms with Crippen molar-refractivity contribution < 1.29 is 23.5 Å². The Labute approximate surface area is 205 Å². The van der Waals surface area contributed by atoms with Gasteiger partial charge in [0.25, 0.3) is 0 Å². The minimum absolute atomic E-state index is 0.115. The standard InChI is InChI=1S/C24H20Cl2FN3O4/c1-2-33-22-10-15(6-9-21(22)34-14-16-7-8-18(27)12-20(16)26)13-28-30-24(32)23(31)29-19-5-3-4-17(25)11-19/h3-13H,2,14H2,1H3,(H,29,31)(H,30,32). The van der Waals surface area contributed by atoms with Gasteiger partial charge in [-0.15, -0.1) is 0 Å². The van der Waals surface area contributed by atoms with Crippen molar-refractivity contribution in [2.45, 2.75) is 13.5 Å². The fourth-order valence-electron chi connectivity index (χ4n) is 2.76. The molecule has 2 amide bonds. The summed E-state index contributed by atoms with van der Waals surface area (Å²) in [5, 5.41) is 6.91. The van der Waals surface area contributed by atoms with Crippen molar-refractivity contribution in [2.24, 2.45) is 5.10 Å². The molecule has 0 aliphatic rings. The molecule has 2 N–H and O–H groups in total. The number of anilines is 1. The number of halogens is 3. The van der Waals surface area contributed by atoms with E-state index < -0.39 is 17.6 Å². The summed E-state index contributed by atoms with van der Waals surface area (Å²) in [4.78, 5) is 23.9. The van der Waals surface area contributed by atoms with Crippen LogP contribution in [-0.4, -0.2) is 24.6 Å². The van der Waals surface area contributed by atoms with Crippen LogP contribution in [0.3, 0.4) is 0 Å². The molecule has 0 spiro atoms. The number of nitrogens with one attached hydrogen (secondary N) is 2. The molecular weight excluding hydrogens is 484 g/mol. The summed E-state index contributed by atoms with van der Waals surface area (Å²) in [5.41, 5.74) is 3.75. The SMILES string of the molecule is CCOc1cc(C=NNC(=O)C(=O)Nc2cccc(Cl)c2)ccc1OCc1ccc(F)cc1Cl. The van der Waals surface area contributed by atoms with E-state index in [-0.39, 0.29) is 11.6 Å². The van der Waals surface area contributed by atoms with Crippen molar-refractivity contribution in [1.82, 2.24) is 5.43 Å². The number of hydrogen-bond acceptors (Lipinski definition) is 5. The van der Waals surface area contributed by atoms with Crippen LogP contribution in [-0.2, 0) is 16.2 Å². The number of nitrogens with zero attached hydrogens (tertiary/aromatic N) is 1. The number of carbonyl (C=O) groups excluding carboxylic acids is 2. The summed E-state index contributed by atoms with van der Waals surface area (Å²) in [6.07, 6.45) is 1.35. The van der Waals surface area contributed by atoms with Gasteiger partial charge in [0.15, 0.2) is 11.5 Å². The van der Waals surface area contributed by atoms with E-state index in [0.717, 1.165) is 0 Å². The van der Waals surface area contributed by atoms with Crippen molar-refractivity contribution in [3.63, 3.8) is 0 Å². The monoisotopic (exact) mass is 503 g/mol. The molecule has 0 heterocycles. The first-order valence-corrected chi connectivity index (χ1v) is 10.8. The highest BCUT2D eigenvalue weighted by Crippen LogP contribution is 2.30. The maximum atomic E-state index is 13.2. The third-order valence-corrected chi connectivity index (χ3v) is 4.92. The van der Waals surface area contributed by atoms with Crippen LogP contribution in [0.15, 0.2) is 65.8 Å². The van der Waals surface area contributed by atoms with E-state index in [1.54, 1.807) is 42.5 Å². The quantitative estimate of drug-likeness (QED) is 0.251. The Bertz CT molecular complexity index is 1220. The zero-order valence-electron chi connectivity index (χ0n) is 18.0. The molecule has 7 nitrogen and oxygen atoms in total. The fourth-order valence-corrected chi connectivity index (χ4v) is 3.17. The molecule has 10 heteroatoms. The number of benzene rings is 3. The largest absolute Gasteiger partial charge is 0.490 e. The Balaban J connectivity index is 1.61. The van der Waals surface area contributed by atoms with E-state index >= 15 is 0 Å². The molecule has 0 saturated carbocycles. The molecule has 0 saturated heterocycles. The normalized spacial score (nSPS) is 10.7. The fraction of sp³-hybridized carbons (Fsp3) is 0.125. The third-order valence-electron chi connectivity index (χ3n) is 4.33. The predicted molar refractivity (Wildman–Crippen MR) is 129 cm³/mol. The lowest BCUT2D eigenvalue weighted by Crippen LogP contribution is -2.32. The Morgan fingerprint density at radius 1 is 1.00 bits per heavy atom. The van der Waals surface area contributed by atoms with Gasteiger partial charge < -0.3 is 14.8 Å². The van der Waals surface area contributed by atoms with E-state index in [4.69, 9.17) is 32.7 Å². The second kappa shape index (κ2) is 12.0. The number of hydrazone groups is 1. The number of hydrogen-bond donors (Lipinski definition) is 2. The van der Waals surface area contributed by atoms with E-state index in [9.17, 15) is 14.0 Å². The zero-order valence-corrected chi connectivity index (χ0v) is 19.5. The summed E-state index contributed by atoms with van der Waals surface area (Å²) in [6, 6.07) is 15.5. The van der Waals surface area contributed by atoms with Crippen LogP contribution in [0, 0.1) is 5.82 Å². The van der Waals surface area contributed by atoms with Gasteiger partial charge in [-0.2, -0.15) is 5.10 Å². The van der Waals surface area contributed by atoms with Crippen LogP contribution >= 0.6 is 23.2 Å². The van der Waals surface area contributed by atoms with E-state index in [0.29, 0.717) is 39.9 Å². The smallest absolute Gasteiger partial charge is 0.329 e. The van der Waals surface area contributed by atoms with Gasteiger partial charge in [-0.25, -0.2) is 9.82 Å². The van der Waals surface area contributed by atoms with Gasteiger partial charge in [0.1, 0.15) is 12.4 Å². The highest BCUT2D eigenvalue weighted by atomic mass is 35.5. The van der Waals surface area contributed by atoms with Crippen LogP contribution in [0.5, 0.6) is 11.5 Å². The first-order valence-electron chi connectivity index (χ1n) is 10.1. The van der Waals surface area contributed by atoms with E-state index in [1.165, 1.54) is 24.4 Å². The maximum Gasteiger partial charge on any atom is 0.329 e. The summed E-state index contributed by atoms with van der Waals surface area (Å²) >= 11 is 11.9. The molecule has 0 aliphatic heterocycles. The first-order chi connectivity index (χ1) is 16.4. The second-order valence-electron chi connectivity index (χ2n) is 6.83. The lowest BCUT2D eigenvalue weighted by molar-refractivity contribution is -0.136. The molecule has 176 valence electrons. The van der Waals surface area contributed by atoms with Gasteiger partial charge in [-0.05, 0) is 61.0 Å². The van der Waals surface area contributed by atoms with E-state index in [1.807, 2.05) is 6.92 Å². The summed E-state index contributed by atoms with van der Waals surface area (Å²) in [5.74, 6) is -1.38. The highest BCUT2D eigenvalue weighted by molar-refractivity contribution is 6.39. The number of ether oxygens (including phenoxy) is 2. The van der Waals surface area contributed by atoms with Crippen molar-refractivity contribution >= 4 is 46.9 Å². The predicted octanol–water partition coefficient (Wildman–Crippen LogP) is 5.20. The zero-order chi connectivity index (χ0) is 24.5. The number of amides is 2. The van der Waals surface area contributed by atoms with E-state index in [2.05, 4.69) is 15.8 Å². The molecule has 0 bridgehead atoms. The highest BCUT2D eigenvalue weighted by Gasteiger charge is 2.13. The number of carbonyl (C=O) groups is 2. The number of rotatable bonds is 8. The molecule has 0 radical (unpaired) electrons. The molecule has 0 fully saturated rings. The Kier molecular flexibility index (Phi) is 8.84. The Morgan fingerprint density at radius 3 is 2.56 bits per heavy atom. The minimum atomic E-state index is -0.947. The second-order valence-corrected chi connectivity index (χ2v) is 7.67. The maximum absolute atomic E-state index is 13.2. The van der Waals surface area contributed by atoms with Crippen LogP contribution in [0.2, 0.25) is 10.0 Å². The topological polar surface area (TPSA) is 89.0 Å². The van der Waals surface area contributed by atoms with Crippen molar-refractivity contribution in [3.8, 4) is 11.5 Å². The molecule has 0 atom stereocenters. The molecule has 3 aromatic carbocycles. The summed E-state index contributed by atoms with van der Waals surface area (Å²) in [7, 11) is 0. The van der Waals surface area contributed by atoms with Crippen LogP contribution < -0.4 is 20.2 Å². The Morgan fingerprint density at radius 2 is 1.82 bits per heavy atom. The lowest BCUT2D eigenvalue weighted by Gasteiger charge is -2.13. The third kappa shape index (κ3) is 7.19. The average Bonchev–Trinajstić information content (AvgIpc) is 2.79. The van der Waals surface area contributed by atoms with Crippen molar-refractivity contribution in [2.75, 3.05) is 11.9 Å². The first kappa shape index (κ1) is 25.0.